The second-order valence-electron chi connectivity index (χ2n) is 4.93. The van der Waals surface area contributed by atoms with E-state index in [1.165, 1.54) is 39.0 Å². The van der Waals surface area contributed by atoms with Gasteiger partial charge in [0.05, 0.1) is 6.04 Å². The van der Waals surface area contributed by atoms with Gasteiger partial charge in [-0.05, 0) is 32.4 Å². The van der Waals surface area contributed by atoms with Gasteiger partial charge in [0.15, 0.2) is 5.78 Å². The zero-order valence-corrected chi connectivity index (χ0v) is 13.1. The molecular weight excluding hydrogens is 260 g/mol. The Morgan fingerprint density at radius 1 is 1.00 bits per heavy atom. The standard InChI is InChI=1S/C14H28N2O2S/c1-12(13(2)17)16-14(18)15-10-8-6-4-3-5-7-9-11-19/h12,19H,3-11H2,1-2H3,(H2,15,16,18)/t12-/m0/s1. The highest BCUT2D eigenvalue weighted by atomic mass is 32.1. The molecule has 0 aliphatic rings. The van der Waals surface area contributed by atoms with Gasteiger partial charge >= 0.3 is 6.03 Å². The van der Waals surface area contributed by atoms with Crippen molar-refractivity contribution in [3.05, 3.63) is 0 Å². The molecule has 0 bridgehead atoms. The summed E-state index contributed by atoms with van der Waals surface area (Å²) in [6.07, 6.45) is 8.38. The van der Waals surface area contributed by atoms with Crippen molar-refractivity contribution in [3.63, 3.8) is 0 Å². The minimum Gasteiger partial charge on any atom is -0.338 e. The lowest BCUT2D eigenvalue weighted by Crippen LogP contribution is -2.43. The van der Waals surface area contributed by atoms with E-state index in [1.54, 1.807) is 6.92 Å². The number of unbranched alkanes of at least 4 members (excludes halogenated alkanes) is 6. The highest BCUT2D eigenvalue weighted by Gasteiger charge is 2.09. The summed E-state index contributed by atoms with van der Waals surface area (Å²) in [5.74, 6) is 0.953. The van der Waals surface area contributed by atoms with Gasteiger partial charge in [-0.1, -0.05) is 32.1 Å². The quantitative estimate of drug-likeness (QED) is 0.404. The predicted molar refractivity (Wildman–Crippen MR) is 82.8 cm³/mol. The summed E-state index contributed by atoms with van der Waals surface area (Å²) in [5.41, 5.74) is 0. The Morgan fingerprint density at radius 3 is 2.05 bits per heavy atom. The fourth-order valence-corrected chi connectivity index (χ4v) is 1.90. The number of rotatable bonds is 11. The molecule has 4 nitrogen and oxygen atoms in total. The van der Waals surface area contributed by atoms with Crippen LogP contribution >= 0.6 is 12.6 Å². The van der Waals surface area contributed by atoms with Crippen LogP contribution in [0.3, 0.4) is 0 Å². The number of hydrogen-bond donors (Lipinski definition) is 3. The highest BCUT2D eigenvalue weighted by molar-refractivity contribution is 7.80. The van der Waals surface area contributed by atoms with E-state index in [-0.39, 0.29) is 11.8 Å². The van der Waals surface area contributed by atoms with E-state index >= 15 is 0 Å². The number of carbonyl (C=O) groups excluding carboxylic acids is 2. The summed E-state index contributed by atoms with van der Waals surface area (Å²) in [6.45, 7) is 3.83. The third-order valence-corrected chi connectivity index (χ3v) is 3.39. The molecule has 0 rings (SSSR count). The Labute approximate surface area is 122 Å². The lowest BCUT2D eigenvalue weighted by atomic mass is 10.1. The van der Waals surface area contributed by atoms with Crippen molar-refractivity contribution in [1.29, 1.82) is 0 Å². The van der Waals surface area contributed by atoms with Crippen LogP contribution in [0.2, 0.25) is 0 Å². The number of ketones is 1. The zero-order chi connectivity index (χ0) is 14.5. The Bertz CT molecular complexity index is 260. The molecule has 0 unspecified atom stereocenters. The first-order valence-corrected chi connectivity index (χ1v) is 7.87. The fraction of sp³-hybridized carbons (Fsp3) is 0.857. The molecule has 0 aromatic carbocycles. The summed E-state index contributed by atoms with van der Waals surface area (Å²) in [7, 11) is 0. The molecule has 1 atom stereocenters. The molecule has 19 heavy (non-hydrogen) atoms. The monoisotopic (exact) mass is 288 g/mol. The van der Waals surface area contributed by atoms with Gasteiger partial charge in [-0.2, -0.15) is 12.6 Å². The second kappa shape index (κ2) is 12.3. The van der Waals surface area contributed by atoms with E-state index in [1.807, 2.05) is 0 Å². The summed E-state index contributed by atoms with van der Waals surface area (Å²) in [6, 6.07) is -0.664. The van der Waals surface area contributed by atoms with Gasteiger partial charge in [0.25, 0.3) is 0 Å². The molecule has 5 heteroatoms. The van der Waals surface area contributed by atoms with Crippen molar-refractivity contribution in [2.45, 2.75) is 64.8 Å². The smallest absolute Gasteiger partial charge is 0.315 e. The minimum atomic E-state index is -0.410. The number of amides is 2. The molecule has 0 heterocycles. The normalized spacial score (nSPS) is 11.9. The maximum atomic E-state index is 11.4. The Hall–Kier alpha value is -0.710. The molecule has 0 aliphatic heterocycles. The topological polar surface area (TPSA) is 58.2 Å². The van der Waals surface area contributed by atoms with Crippen molar-refractivity contribution in [1.82, 2.24) is 10.6 Å². The SMILES string of the molecule is CC(=O)[C@H](C)NC(=O)NCCCCCCCCCS. The summed E-state index contributed by atoms with van der Waals surface area (Å²) in [5, 5.41) is 5.37. The van der Waals surface area contributed by atoms with Crippen LogP contribution in [0.4, 0.5) is 4.79 Å². The molecule has 0 spiro atoms. The Morgan fingerprint density at radius 2 is 1.53 bits per heavy atom. The molecule has 2 N–H and O–H groups in total. The van der Waals surface area contributed by atoms with Crippen LogP contribution in [-0.2, 0) is 4.79 Å². The molecule has 0 aromatic heterocycles. The third kappa shape index (κ3) is 12.1. The first kappa shape index (κ1) is 18.3. The van der Waals surface area contributed by atoms with Crippen molar-refractivity contribution < 1.29 is 9.59 Å². The zero-order valence-electron chi connectivity index (χ0n) is 12.2. The van der Waals surface area contributed by atoms with Gasteiger partial charge in [-0.15, -0.1) is 0 Å². The van der Waals surface area contributed by atoms with Crippen LogP contribution in [0.1, 0.15) is 58.8 Å². The van der Waals surface area contributed by atoms with Crippen LogP contribution in [0.15, 0.2) is 0 Å². The molecule has 0 saturated heterocycles. The second-order valence-corrected chi connectivity index (χ2v) is 5.38. The van der Waals surface area contributed by atoms with Gasteiger partial charge < -0.3 is 10.6 Å². The Kier molecular flexibility index (Phi) is 11.9. The molecule has 0 saturated carbocycles. The van der Waals surface area contributed by atoms with Gasteiger partial charge in [0.2, 0.25) is 0 Å². The lowest BCUT2D eigenvalue weighted by molar-refractivity contribution is -0.118. The lowest BCUT2D eigenvalue weighted by Gasteiger charge is -2.11. The first-order valence-electron chi connectivity index (χ1n) is 7.23. The number of Topliss-reactive ketones (excluding diaryl/α,β-unsaturated/α-hetero) is 1. The van der Waals surface area contributed by atoms with E-state index < -0.39 is 6.04 Å². The highest BCUT2D eigenvalue weighted by Crippen LogP contribution is 2.07. The van der Waals surface area contributed by atoms with E-state index in [2.05, 4.69) is 23.3 Å². The number of nitrogens with one attached hydrogen (secondary N) is 2. The summed E-state index contributed by atoms with van der Waals surface area (Å²) in [4.78, 5) is 22.3. The maximum Gasteiger partial charge on any atom is 0.315 e. The number of hydrogen-bond acceptors (Lipinski definition) is 3. The van der Waals surface area contributed by atoms with E-state index in [9.17, 15) is 9.59 Å². The van der Waals surface area contributed by atoms with Crippen LogP contribution in [-0.4, -0.2) is 30.2 Å². The molecule has 0 aromatic rings. The van der Waals surface area contributed by atoms with E-state index in [0.29, 0.717) is 6.54 Å². The molecule has 0 aliphatic carbocycles. The average Bonchev–Trinajstić information content (AvgIpc) is 2.36. The largest absolute Gasteiger partial charge is 0.338 e. The van der Waals surface area contributed by atoms with Gasteiger partial charge in [0.1, 0.15) is 0 Å². The van der Waals surface area contributed by atoms with Gasteiger partial charge in [-0.3, -0.25) is 4.79 Å². The van der Waals surface area contributed by atoms with Gasteiger partial charge in [0, 0.05) is 6.54 Å². The van der Waals surface area contributed by atoms with Crippen LogP contribution in [0.25, 0.3) is 0 Å². The van der Waals surface area contributed by atoms with Crippen molar-refractivity contribution >= 4 is 24.4 Å². The van der Waals surface area contributed by atoms with Crippen LogP contribution in [0, 0.1) is 0 Å². The number of urea groups is 1. The van der Waals surface area contributed by atoms with Crippen molar-refractivity contribution in [3.8, 4) is 0 Å². The van der Waals surface area contributed by atoms with Crippen molar-refractivity contribution in [2.75, 3.05) is 12.3 Å². The van der Waals surface area contributed by atoms with E-state index in [0.717, 1.165) is 18.6 Å². The van der Waals surface area contributed by atoms with Crippen LogP contribution in [0.5, 0.6) is 0 Å². The van der Waals surface area contributed by atoms with Gasteiger partial charge in [-0.25, -0.2) is 4.79 Å². The predicted octanol–water partition coefficient (Wildman–Crippen LogP) is 2.92. The Balaban J connectivity index is 3.30. The third-order valence-electron chi connectivity index (χ3n) is 3.08. The molecular formula is C14H28N2O2S. The first-order chi connectivity index (χ1) is 9.07. The average molecular weight is 288 g/mol. The number of carbonyl (C=O) groups is 2. The molecule has 0 radical (unpaired) electrons. The summed E-state index contributed by atoms with van der Waals surface area (Å²) >= 11 is 4.18. The van der Waals surface area contributed by atoms with Crippen molar-refractivity contribution in [2.24, 2.45) is 0 Å². The molecule has 2 amide bonds. The molecule has 0 fully saturated rings. The molecule has 112 valence electrons. The minimum absolute atomic E-state index is 0.0311. The summed E-state index contributed by atoms with van der Waals surface area (Å²) < 4.78 is 0. The maximum absolute atomic E-state index is 11.4. The van der Waals surface area contributed by atoms with Crippen LogP contribution < -0.4 is 10.6 Å². The fourth-order valence-electron chi connectivity index (χ4n) is 1.67. The van der Waals surface area contributed by atoms with E-state index in [4.69, 9.17) is 0 Å². The number of thiol groups is 1.